The van der Waals surface area contributed by atoms with E-state index in [4.69, 9.17) is 19.9 Å². The van der Waals surface area contributed by atoms with Crippen molar-refractivity contribution in [1.29, 1.82) is 0 Å². The molecule has 0 amide bonds. The van der Waals surface area contributed by atoms with Crippen LogP contribution in [0.2, 0.25) is 0 Å². The third-order valence-corrected chi connectivity index (χ3v) is 4.66. The van der Waals surface area contributed by atoms with E-state index in [-0.39, 0.29) is 29.4 Å². The summed E-state index contributed by atoms with van der Waals surface area (Å²) < 4.78 is 16.4. The quantitative estimate of drug-likeness (QED) is 0.302. The van der Waals surface area contributed by atoms with Gasteiger partial charge in [0.25, 0.3) is 0 Å². The Morgan fingerprint density at radius 3 is 2.54 bits per heavy atom. The normalized spacial score (nSPS) is 15.6. The average molecular weight is 477 g/mol. The highest BCUT2D eigenvalue weighted by Gasteiger charge is 2.36. The zero-order valence-electron chi connectivity index (χ0n) is 16.0. The zero-order chi connectivity index (χ0) is 18.1. The van der Waals surface area contributed by atoms with Gasteiger partial charge in [-0.15, -0.1) is 24.0 Å². The average Bonchev–Trinajstić information content (AvgIpc) is 2.56. The molecule has 0 saturated heterocycles. The maximum absolute atomic E-state index is 6.12. The highest BCUT2D eigenvalue weighted by Crippen LogP contribution is 2.44. The number of halogens is 1. The largest absolute Gasteiger partial charge is 0.494 e. The molecule has 0 heterocycles. The summed E-state index contributed by atoms with van der Waals surface area (Å²) in [4.78, 5) is 4.57. The van der Waals surface area contributed by atoms with Crippen LogP contribution in [-0.2, 0) is 4.74 Å². The lowest BCUT2D eigenvalue weighted by Crippen LogP contribution is -2.35. The molecule has 1 aliphatic rings. The molecule has 1 aromatic carbocycles. The van der Waals surface area contributed by atoms with Crippen LogP contribution in [0.1, 0.15) is 39.5 Å². The van der Waals surface area contributed by atoms with E-state index in [1.54, 1.807) is 7.11 Å². The van der Waals surface area contributed by atoms with Gasteiger partial charge in [-0.05, 0) is 50.7 Å². The molecule has 1 fully saturated rings. The summed E-state index contributed by atoms with van der Waals surface area (Å²) in [5.41, 5.74) is 7.14. The van der Waals surface area contributed by atoms with Crippen LogP contribution in [0.4, 0.5) is 5.69 Å². The minimum Gasteiger partial charge on any atom is -0.494 e. The van der Waals surface area contributed by atoms with E-state index in [0.29, 0.717) is 19.2 Å². The van der Waals surface area contributed by atoms with Gasteiger partial charge in [0.1, 0.15) is 11.5 Å². The monoisotopic (exact) mass is 477 g/mol. The molecule has 1 saturated carbocycles. The number of guanidine groups is 1. The number of nitrogens with zero attached hydrogens (tertiary/aromatic N) is 1. The fourth-order valence-electron chi connectivity index (χ4n) is 3.06. The molecule has 0 atom stereocenters. The van der Waals surface area contributed by atoms with Gasteiger partial charge in [-0.25, -0.2) is 0 Å². The second-order valence-corrected chi connectivity index (χ2v) is 6.45. The van der Waals surface area contributed by atoms with Gasteiger partial charge >= 0.3 is 0 Å². The molecule has 3 N–H and O–H groups in total. The number of nitrogens with one attached hydrogen (secondary N) is 1. The van der Waals surface area contributed by atoms with Crippen LogP contribution in [0.15, 0.2) is 23.2 Å². The minimum atomic E-state index is 0. The Labute approximate surface area is 173 Å². The van der Waals surface area contributed by atoms with Gasteiger partial charge in [0.15, 0.2) is 5.96 Å². The lowest BCUT2D eigenvalue weighted by Gasteiger charge is -2.40. The maximum Gasteiger partial charge on any atom is 0.193 e. The fourth-order valence-corrected chi connectivity index (χ4v) is 3.06. The standard InChI is InChI=1S/C19H31N3O3.HI/c1-4-24-15-7-8-17(25-5-2)16(13-15)22-18(20)21-14-19(9-6-10-19)11-12-23-3;/h7-8,13H,4-6,9-12,14H2,1-3H3,(H3,20,21,22);1H. The number of hydrogen-bond donors (Lipinski definition) is 2. The van der Waals surface area contributed by atoms with Gasteiger partial charge in [0, 0.05) is 26.3 Å². The van der Waals surface area contributed by atoms with Crippen LogP contribution in [0.5, 0.6) is 11.5 Å². The van der Waals surface area contributed by atoms with Crippen molar-refractivity contribution in [3.8, 4) is 11.5 Å². The summed E-state index contributed by atoms with van der Waals surface area (Å²) in [7, 11) is 1.74. The first kappa shape index (κ1) is 22.8. The molecule has 26 heavy (non-hydrogen) atoms. The first-order valence-electron chi connectivity index (χ1n) is 9.08. The van der Waals surface area contributed by atoms with Crippen molar-refractivity contribution in [1.82, 2.24) is 0 Å². The van der Waals surface area contributed by atoms with Crippen LogP contribution in [-0.4, -0.2) is 39.4 Å². The Balaban J connectivity index is 0.00000338. The van der Waals surface area contributed by atoms with Crippen molar-refractivity contribution in [3.05, 3.63) is 18.2 Å². The number of methoxy groups -OCH3 is 1. The number of rotatable bonds is 10. The molecule has 0 aromatic heterocycles. The van der Waals surface area contributed by atoms with Crippen LogP contribution in [0, 0.1) is 5.41 Å². The van der Waals surface area contributed by atoms with Crippen molar-refractivity contribution < 1.29 is 14.2 Å². The van der Waals surface area contributed by atoms with Crippen molar-refractivity contribution >= 4 is 35.6 Å². The van der Waals surface area contributed by atoms with Crippen molar-refractivity contribution in [2.24, 2.45) is 16.1 Å². The minimum absolute atomic E-state index is 0. The lowest BCUT2D eigenvalue weighted by molar-refractivity contribution is 0.0780. The summed E-state index contributed by atoms with van der Waals surface area (Å²) >= 11 is 0. The van der Waals surface area contributed by atoms with E-state index >= 15 is 0 Å². The van der Waals surface area contributed by atoms with E-state index in [2.05, 4.69) is 10.3 Å². The molecule has 0 unspecified atom stereocenters. The molecule has 0 bridgehead atoms. The van der Waals surface area contributed by atoms with E-state index < -0.39 is 0 Å². The van der Waals surface area contributed by atoms with E-state index in [1.807, 2.05) is 32.0 Å². The van der Waals surface area contributed by atoms with Gasteiger partial charge in [0.2, 0.25) is 0 Å². The van der Waals surface area contributed by atoms with Crippen LogP contribution < -0.4 is 20.5 Å². The Kier molecular flexibility index (Phi) is 10.1. The van der Waals surface area contributed by atoms with Gasteiger partial charge in [-0.3, -0.25) is 4.99 Å². The second-order valence-electron chi connectivity index (χ2n) is 6.45. The van der Waals surface area contributed by atoms with E-state index in [1.165, 1.54) is 19.3 Å². The molecule has 6 nitrogen and oxygen atoms in total. The Hall–Kier alpha value is -1.22. The molecule has 7 heteroatoms. The summed E-state index contributed by atoms with van der Waals surface area (Å²) in [5, 5.41) is 3.16. The summed E-state index contributed by atoms with van der Waals surface area (Å²) in [6, 6.07) is 5.66. The molecule has 1 aliphatic carbocycles. The van der Waals surface area contributed by atoms with Crippen molar-refractivity contribution in [2.75, 3.05) is 38.8 Å². The van der Waals surface area contributed by atoms with Gasteiger partial charge in [-0.1, -0.05) is 6.42 Å². The maximum atomic E-state index is 6.12. The number of benzene rings is 1. The number of anilines is 1. The van der Waals surface area contributed by atoms with Crippen LogP contribution >= 0.6 is 24.0 Å². The number of ether oxygens (including phenoxy) is 3. The summed E-state index contributed by atoms with van der Waals surface area (Å²) in [5.74, 6) is 1.91. The smallest absolute Gasteiger partial charge is 0.193 e. The number of hydrogen-bond acceptors (Lipinski definition) is 4. The fraction of sp³-hybridized carbons (Fsp3) is 0.632. The predicted molar refractivity (Wildman–Crippen MR) is 117 cm³/mol. The molecule has 0 radical (unpaired) electrons. The topological polar surface area (TPSA) is 78.1 Å². The Morgan fingerprint density at radius 2 is 1.96 bits per heavy atom. The molecular formula is C19H32IN3O3. The molecule has 0 spiro atoms. The molecule has 0 aliphatic heterocycles. The SMILES string of the molecule is CCOc1ccc(OCC)c(NC(N)=NCC2(CCOC)CCC2)c1.I. The highest BCUT2D eigenvalue weighted by atomic mass is 127. The molecule has 148 valence electrons. The van der Waals surface area contributed by atoms with Gasteiger partial charge in [0.05, 0.1) is 18.9 Å². The van der Waals surface area contributed by atoms with Gasteiger partial charge in [-0.2, -0.15) is 0 Å². The van der Waals surface area contributed by atoms with Crippen LogP contribution in [0.25, 0.3) is 0 Å². The molecular weight excluding hydrogens is 445 g/mol. The first-order valence-corrected chi connectivity index (χ1v) is 9.08. The number of nitrogens with two attached hydrogens (primary N) is 1. The van der Waals surface area contributed by atoms with Crippen molar-refractivity contribution in [3.63, 3.8) is 0 Å². The van der Waals surface area contributed by atoms with Gasteiger partial charge < -0.3 is 25.3 Å². The van der Waals surface area contributed by atoms with Crippen molar-refractivity contribution in [2.45, 2.75) is 39.5 Å². The summed E-state index contributed by atoms with van der Waals surface area (Å²) in [6.45, 7) is 6.60. The second kappa shape index (κ2) is 11.5. The Bertz CT molecular complexity index is 577. The third kappa shape index (κ3) is 6.50. The highest BCUT2D eigenvalue weighted by molar-refractivity contribution is 14.0. The first-order chi connectivity index (χ1) is 12.1. The zero-order valence-corrected chi connectivity index (χ0v) is 18.4. The van der Waals surface area contributed by atoms with E-state index in [9.17, 15) is 0 Å². The third-order valence-electron chi connectivity index (χ3n) is 4.66. The Morgan fingerprint density at radius 1 is 1.23 bits per heavy atom. The molecule has 1 aromatic rings. The predicted octanol–water partition coefficient (Wildman–Crippen LogP) is 4.04. The number of aliphatic imine (C=N–C) groups is 1. The molecule has 2 rings (SSSR count). The van der Waals surface area contributed by atoms with E-state index in [0.717, 1.165) is 36.8 Å². The van der Waals surface area contributed by atoms with Crippen LogP contribution in [0.3, 0.4) is 0 Å². The lowest BCUT2D eigenvalue weighted by atomic mass is 9.67. The summed E-state index contributed by atoms with van der Waals surface area (Å²) in [6.07, 6.45) is 4.68.